The van der Waals surface area contributed by atoms with Crippen molar-refractivity contribution in [3.05, 3.63) is 24.3 Å². The fourth-order valence-electron chi connectivity index (χ4n) is 2.05. The molecule has 1 aromatic rings. The molecule has 1 aliphatic rings. The third-order valence-corrected chi connectivity index (χ3v) is 3.25. The second-order valence-corrected chi connectivity index (χ2v) is 4.58. The smallest absolute Gasteiger partial charge is 0.228 e. The summed E-state index contributed by atoms with van der Waals surface area (Å²) < 4.78 is 10.4. The summed E-state index contributed by atoms with van der Waals surface area (Å²) in [5.74, 6) is 0.861. The van der Waals surface area contributed by atoms with Gasteiger partial charge in [0.2, 0.25) is 5.91 Å². The summed E-state index contributed by atoms with van der Waals surface area (Å²) in [5.41, 5.74) is 0.863. The van der Waals surface area contributed by atoms with E-state index in [4.69, 9.17) is 9.47 Å². The van der Waals surface area contributed by atoms with Gasteiger partial charge in [-0.05, 0) is 24.3 Å². The van der Waals surface area contributed by atoms with Crippen LogP contribution >= 0.6 is 0 Å². The molecule has 5 heteroatoms. The molecule has 0 bridgehead atoms. The highest BCUT2D eigenvalue weighted by molar-refractivity contribution is 5.93. The molecule has 1 aliphatic heterocycles. The molecule has 1 amide bonds. The van der Waals surface area contributed by atoms with E-state index in [1.807, 2.05) is 24.3 Å². The molecule has 0 aliphatic carbocycles. The zero-order valence-electron chi connectivity index (χ0n) is 11.4. The Morgan fingerprint density at radius 1 is 1.47 bits per heavy atom. The lowest BCUT2D eigenvalue weighted by Crippen LogP contribution is -2.44. The number of hydrogen-bond donors (Lipinski definition) is 1. The van der Waals surface area contributed by atoms with Crippen LogP contribution in [-0.4, -0.2) is 45.9 Å². The zero-order valence-corrected chi connectivity index (χ0v) is 11.4. The first kappa shape index (κ1) is 13.8. The van der Waals surface area contributed by atoms with Gasteiger partial charge in [0.1, 0.15) is 5.75 Å². The Labute approximate surface area is 113 Å². The number of nitrogens with one attached hydrogen (secondary N) is 1. The third-order valence-electron chi connectivity index (χ3n) is 3.25. The molecule has 1 atom stereocenters. The average molecular weight is 264 g/mol. The maximum atomic E-state index is 12.2. The first-order valence-corrected chi connectivity index (χ1v) is 6.42. The predicted octanol–water partition coefficient (Wildman–Crippen LogP) is 1.04. The summed E-state index contributed by atoms with van der Waals surface area (Å²) in [6, 6.07) is 7.56. The van der Waals surface area contributed by atoms with E-state index in [-0.39, 0.29) is 11.9 Å². The van der Waals surface area contributed by atoms with E-state index >= 15 is 0 Å². The van der Waals surface area contributed by atoms with Gasteiger partial charge in [0.05, 0.1) is 20.3 Å². The topological polar surface area (TPSA) is 50.8 Å². The van der Waals surface area contributed by atoms with Crippen molar-refractivity contribution in [3.8, 4) is 5.75 Å². The van der Waals surface area contributed by atoms with Crippen molar-refractivity contribution in [1.29, 1.82) is 0 Å². The molecule has 1 fully saturated rings. The Kier molecular flexibility index (Phi) is 4.76. The van der Waals surface area contributed by atoms with Crippen LogP contribution in [0.2, 0.25) is 0 Å². The molecule has 0 spiro atoms. The number of methoxy groups -OCH3 is 1. The number of anilines is 1. The molecule has 2 rings (SSSR count). The van der Waals surface area contributed by atoms with Gasteiger partial charge in [0.25, 0.3) is 0 Å². The van der Waals surface area contributed by atoms with E-state index < -0.39 is 0 Å². The minimum absolute atomic E-state index is 0.0770. The lowest BCUT2D eigenvalue weighted by molar-refractivity contribution is -0.119. The van der Waals surface area contributed by atoms with Crippen LogP contribution in [0.4, 0.5) is 5.69 Å². The number of amides is 1. The summed E-state index contributed by atoms with van der Waals surface area (Å²) in [4.78, 5) is 13.8. The van der Waals surface area contributed by atoms with E-state index in [9.17, 15) is 4.79 Å². The van der Waals surface area contributed by atoms with E-state index in [0.717, 1.165) is 24.6 Å². The van der Waals surface area contributed by atoms with Crippen molar-refractivity contribution < 1.29 is 14.3 Å². The molecule has 1 N–H and O–H groups in total. The number of rotatable bonds is 4. The van der Waals surface area contributed by atoms with Crippen LogP contribution in [0.5, 0.6) is 5.75 Å². The molecule has 1 saturated heterocycles. The Balaban J connectivity index is 1.93. The molecule has 0 saturated carbocycles. The van der Waals surface area contributed by atoms with E-state index in [0.29, 0.717) is 13.0 Å². The Morgan fingerprint density at radius 2 is 2.21 bits per heavy atom. The van der Waals surface area contributed by atoms with Crippen molar-refractivity contribution in [2.45, 2.75) is 12.5 Å². The quantitative estimate of drug-likeness (QED) is 0.882. The van der Waals surface area contributed by atoms with Gasteiger partial charge in [0.15, 0.2) is 0 Å². The summed E-state index contributed by atoms with van der Waals surface area (Å²) in [5, 5.41) is 3.28. The van der Waals surface area contributed by atoms with E-state index in [2.05, 4.69) is 5.32 Å². The van der Waals surface area contributed by atoms with Gasteiger partial charge in [-0.1, -0.05) is 0 Å². The lowest BCUT2D eigenvalue weighted by Gasteiger charge is -2.25. The maximum Gasteiger partial charge on any atom is 0.228 e. The molecular weight excluding hydrogens is 244 g/mol. The fourth-order valence-corrected chi connectivity index (χ4v) is 2.05. The van der Waals surface area contributed by atoms with Crippen molar-refractivity contribution in [2.24, 2.45) is 0 Å². The minimum atomic E-state index is 0.0770. The van der Waals surface area contributed by atoms with Gasteiger partial charge >= 0.3 is 0 Å². The first-order valence-electron chi connectivity index (χ1n) is 6.42. The molecule has 0 aromatic heterocycles. The zero-order chi connectivity index (χ0) is 13.7. The molecule has 19 heavy (non-hydrogen) atoms. The Hall–Kier alpha value is -1.59. The number of ether oxygens (including phenoxy) is 2. The standard InChI is InChI=1S/C14H20N2O3/c1-16(12-3-5-13(18-2)6-4-12)14(17)9-11-10-19-8-7-15-11/h3-6,11,15H,7-10H2,1-2H3. The van der Waals surface area contributed by atoms with Gasteiger partial charge in [0, 0.05) is 31.7 Å². The van der Waals surface area contributed by atoms with Crippen LogP contribution in [0.25, 0.3) is 0 Å². The largest absolute Gasteiger partial charge is 0.497 e. The molecule has 1 heterocycles. The van der Waals surface area contributed by atoms with Crippen LogP contribution in [0.1, 0.15) is 6.42 Å². The second kappa shape index (κ2) is 6.54. The fraction of sp³-hybridized carbons (Fsp3) is 0.500. The predicted molar refractivity (Wildman–Crippen MR) is 73.6 cm³/mol. The number of nitrogens with zero attached hydrogens (tertiary/aromatic N) is 1. The molecular formula is C14H20N2O3. The lowest BCUT2D eigenvalue weighted by atomic mass is 10.1. The van der Waals surface area contributed by atoms with Gasteiger partial charge in [-0.25, -0.2) is 0 Å². The minimum Gasteiger partial charge on any atom is -0.497 e. The van der Waals surface area contributed by atoms with Crippen molar-refractivity contribution in [3.63, 3.8) is 0 Å². The van der Waals surface area contributed by atoms with Crippen LogP contribution in [-0.2, 0) is 9.53 Å². The maximum absolute atomic E-state index is 12.2. The summed E-state index contributed by atoms with van der Waals surface area (Å²) >= 11 is 0. The molecule has 1 aromatic carbocycles. The van der Waals surface area contributed by atoms with Gasteiger partial charge < -0.3 is 19.7 Å². The highest BCUT2D eigenvalue weighted by Crippen LogP contribution is 2.19. The number of carbonyl (C=O) groups is 1. The number of benzene rings is 1. The van der Waals surface area contributed by atoms with Crippen LogP contribution in [0.15, 0.2) is 24.3 Å². The number of carbonyl (C=O) groups excluding carboxylic acids is 1. The summed E-state index contributed by atoms with van der Waals surface area (Å²) in [7, 11) is 3.41. The normalized spacial score (nSPS) is 18.9. The highest BCUT2D eigenvalue weighted by atomic mass is 16.5. The van der Waals surface area contributed by atoms with E-state index in [1.54, 1.807) is 19.1 Å². The Morgan fingerprint density at radius 3 is 2.79 bits per heavy atom. The van der Waals surface area contributed by atoms with Gasteiger partial charge in [-0.3, -0.25) is 4.79 Å². The SMILES string of the molecule is COc1ccc(N(C)C(=O)CC2COCCN2)cc1. The van der Waals surface area contributed by atoms with Crippen LogP contribution in [0.3, 0.4) is 0 Å². The monoisotopic (exact) mass is 264 g/mol. The van der Waals surface area contributed by atoms with Crippen LogP contribution < -0.4 is 15.0 Å². The highest BCUT2D eigenvalue weighted by Gasteiger charge is 2.19. The average Bonchev–Trinajstić information content (AvgIpc) is 2.47. The van der Waals surface area contributed by atoms with Crippen molar-refractivity contribution in [2.75, 3.05) is 38.8 Å². The van der Waals surface area contributed by atoms with Crippen LogP contribution in [0, 0.1) is 0 Å². The number of hydrogen-bond acceptors (Lipinski definition) is 4. The van der Waals surface area contributed by atoms with Crippen molar-refractivity contribution >= 4 is 11.6 Å². The third kappa shape index (κ3) is 3.68. The number of morpholine rings is 1. The molecule has 104 valence electrons. The van der Waals surface area contributed by atoms with Crippen molar-refractivity contribution in [1.82, 2.24) is 5.32 Å². The van der Waals surface area contributed by atoms with Gasteiger partial charge in [-0.2, -0.15) is 0 Å². The Bertz CT molecular complexity index is 413. The summed E-state index contributed by atoms with van der Waals surface area (Å²) in [6.07, 6.45) is 0.447. The molecule has 0 radical (unpaired) electrons. The molecule has 5 nitrogen and oxygen atoms in total. The summed E-state index contributed by atoms with van der Waals surface area (Å²) in [6.45, 7) is 2.13. The molecule has 1 unspecified atom stereocenters. The first-order chi connectivity index (χ1) is 9.20. The van der Waals surface area contributed by atoms with E-state index in [1.165, 1.54) is 0 Å². The van der Waals surface area contributed by atoms with Gasteiger partial charge in [-0.15, -0.1) is 0 Å². The second-order valence-electron chi connectivity index (χ2n) is 4.58.